The van der Waals surface area contributed by atoms with E-state index < -0.39 is 28.7 Å². The van der Waals surface area contributed by atoms with Crippen molar-refractivity contribution in [3.8, 4) is 0 Å². The van der Waals surface area contributed by atoms with E-state index in [-0.39, 0.29) is 29.6 Å². The Bertz CT molecular complexity index is 1260. The Morgan fingerprint density at radius 1 is 1.08 bits per heavy atom. The van der Waals surface area contributed by atoms with Crippen LogP contribution in [0.15, 0.2) is 53.9 Å². The molecule has 39 heavy (non-hydrogen) atoms. The summed E-state index contributed by atoms with van der Waals surface area (Å²) in [6, 6.07) is 12.5. The van der Waals surface area contributed by atoms with Gasteiger partial charge in [0, 0.05) is 24.2 Å². The van der Waals surface area contributed by atoms with Gasteiger partial charge in [-0.25, -0.2) is 8.78 Å². The highest BCUT2D eigenvalue weighted by molar-refractivity contribution is 7.14. The molecule has 0 aliphatic heterocycles. The number of nitro groups is 1. The van der Waals surface area contributed by atoms with Gasteiger partial charge in [0.25, 0.3) is 0 Å². The Morgan fingerprint density at radius 2 is 1.77 bits per heavy atom. The molecule has 3 aromatic rings. The first-order valence-electron chi connectivity index (χ1n) is 13.4. The lowest BCUT2D eigenvalue weighted by molar-refractivity contribution is -0.383. The number of hydrogen-bond acceptors (Lipinski definition) is 6. The van der Waals surface area contributed by atoms with Gasteiger partial charge in [0.05, 0.1) is 17.1 Å². The van der Waals surface area contributed by atoms with Gasteiger partial charge in [-0.1, -0.05) is 64.3 Å². The van der Waals surface area contributed by atoms with E-state index in [1.807, 2.05) is 0 Å². The highest BCUT2D eigenvalue weighted by Crippen LogP contribution is 2.39. The van der Waals surface area contributed by atoms with Gasteiger partial charge in [-0.05, 0) is 58.9 Å². The molecule has 3 N–H and O–H groups in total. The van der Waals surface area contributed by atoms with Gasteiger partial charge in [-0.15, -0.1) is 11.3 Å². The average Bonchev–Trinajstić information content (AvgIpc) is 3.35. The second kappa shape index (κ2) is 12.1. The summed E-state index contributed by atoms with van der Waals surface area (Å²) >= 11 is 1.15. The van der Waals surface area contributed by atoms with Crippen LogP contribution in [0.4, 0.5) is 19.5 Å². The van der Waals surface area contributed by atoms with Crippen molar-refractivity contribution in [2.75, 3.05) is 11.9 Å². The van der Waals surface area contributed by atoms with Crippen LogP contribution in [0.5, 0.6) is 0 Å². The van der Waals surface area contributed by atoms with E-state index in [2.05, 4.69) is 55.7 Å². The first-order chi connectivity index (χ1) is 18.5. The van der Waals surface area contributed by atoms with Crippen LogP contribution in [0.25, 0.3) is 0 Å². The van der Waals surface area contributed by atoms with E-state index in [1.54, 1.807) is 5.38 Å². The van der Waals surface area contributed by atoms with E-state index in [0.717, 1.165) is 49.5 Å². The molecule has 1 fully saturated rings. The van der Waals surface area contributed by atoms with Crippen LogP contribution in [-0.4, -0.2) is 28.7 Å². The van der Waals surface area contributed by atoms with E-state index in [9.17, 15) is 24.0 Å². The number of aliphatic hydroxyl groups is 1. The second-order valence-corrected chi connectivity index (χ2v) is 12.5. The Balaban J connectivity index is 1.60. The van der Waals surface area contributed by atoms with Crippen LogP contribution in [0.3, 0.4) is 0 Å². The molecule has 1 aliphatic rings. The molecule has 2 unspecified atom stereocenters. The van der Waals surface area contributed by atoms with Crippen LogP contribution < -0.4 is 10.6 Å². The zero-order chi connectivity index (χ0) is 28.2. The lowest BCUT2D eigenvalue weighted by atomic mass is 9.74. The van der Waals surface area contributed by atoms with Crippen LogP contribution in [-0.2, 0) is 17.4 Å². The standard InChI is InChI=1S/C30H37F2N3O3S/c1-29(2,3)21-8-7-9-22(17-21)30(11-5-4-6-12-30)33-19-27(36)25(16-20-14-23(31)18-24(32)15-20)34-28-26(35(37)38)10-13-39-28/h7-10,13-15,17-18,25,27,33-34,36H,4-6,11-12,16,19H2,1-3H3. The summed E-state index contributed by atoms with van der Waals surface area (Å²) in [6.07, 6.45) is 4.22. The number of nitrogens with one attached hydrogen (secondary N) is 2. The topological polar surface area (TPSA) is 87.4 Å². The quantitative estimate of drug-likeness (QED) is 0.183. The normalized spacial score (nSPS) is 17.0. The fourth-order valence-electron chi connectivity index (χ4n) is 5.44. The monoisotopic (exact) mass is 557 g/mol. The number of rotatable bonds is 10. The summed E-state index contributed by atoms with van der Waals surface area (Å²) in [4.78, 5) is 11.0. The van der Waals surface area contributed by atoms with Gasteiger partial charge in [-0.3, -0.25) is 10.1 Å². The summed E-state index contributed by atoms with van der Waals surface area (Å²) in [7, 11) is 0. The van der Waals surface area contributed by atoms with Crippen molar-refractivity contribution in [1.29, 1.82) is 0 Å². The first-order valence-corrected chi connectivity index (χ1v) is 14.3. The fraction of sp³-hybridized carbons (Fsp3) is 0.467. The van der Waals surface area contributed by atoms with Crippen molar-refractivity contribution in [3.63, 3.8) is 0 Å². The number of aliphatic hydroxyl groups excluding tert-OH is 1. The smallest absolute Gasteiger partial charge is 0.303 e. The van der Waals surface area contributed by atoms with E-state index in [0.29, 0.717) is 10.6 Å². The van der Waals surface area contributed by atoms with Crippen molar-refractivity contribution in [3.05, 3.63) is 92.4 Å². The third kappa shape index (κ3) is 7.21. The molecule has 0 bridgehead atoms. The summed E-state index contributed by atoms with van der Waals surface area (Å²) in [5, 5.41) is 31.6. The van der Waals surface area contributed by atoms with Crippen LogP contribution in [0.1, 0.15) is 69.6 Å². The average molecular weight is 558 g/mol. The lowest BCUT2D eigenvalue weighted by Crippen LogP contribution is -2.50. The molecule has 9 heteroatoms. The largest absolute Gasteiger partial charge is 0.390 e. The van der Waals surface area contributed by atoms with Crippen LogP contribution >= 0.6 is 11.3 Å². The van der Waals surface area contributed by atoms with Crippen molar-refractivity contribution in [2.24, 2.45) is 0 Å². The van der Waals surface area contributed by atoms with Gasteiger partial charge in [0.15, 0.2) is 5.00 Å². The molecular formula is C30H37F2N3O3S. The zero-order valence-corrected chi connectivity index (χ0v) is 23.5. The van der Waals surface area contributed by atoms with E-state index >= 15 is 0 Å². The molecule has 1 aromatic heterocycles. The zero-order valence-electron chi connectivity index (χ0n) is 22.7. The van der Waals surface area contributed by atoms with Gasteiger partial charge >= 0.3 is 5.69 Å². The predicted molar refractivity (Wildman–Crippen MR) is 152 cm³/mol. The highest BCUT2D eigenvalue weighted by Gasteiger charge is 2.36. The van der Waals surface area contributed by atoms with Gasteiger partial charge in [0.2, 0.25) is 0 Å². The number of halogens is 2. The van der Waals surface area contributed by atoms with Crippen molar-refractivity contribution >= 4 is 22.0 Å². The Hall–Kier alpha value is -2.88. The van der Waals surface area contributed by atoms with Crippen molar-refractivity contribution in [1.82, 2.24) is 5.32 Å². The number of hydrogen-bond donors (Lipinski definition) is 3. The Labute approximate surface area is 232 Å². The molecule has 2 atom stereocenters. The Kier molecular flexibility index (Phi) is 9.03. The van der Waals surface area contributed by atoms with Crippen molar-refractivity contribution in [2.45, 2.75) is 82.4 Å². The van der Waals surface area contributed by atoms with Crippen LogP contribution in [0, 0.1) is 21.7 Å². The van der Waals surface area contributed by atoms with Gasteiger partial charge in [-0.2, -0.15) is 0 Å². The summed E-state index contributed by atoms with van der Waals surface area (Å²) < 4.78 is 27.9. The molecular weight excluding hydrogens is 520 g/mol. The summed E-state index contributed by atoms with van der Waals surface area (Å²) in [5.74, 6) is -1.42. The summed E-state index contributed by atoms with van der Waals surface area (Å²) in [6.45, 7) is 6.76. The van der Waals surface area contributed by atoms with Gasteiger partial charge < -0.3 is 15.7 Å². The lowest BCUT2D eigenvalue weighted by Gasteiger charge is -2.41. The fourth-order valence-corrected chi connectivity index (χ4v) is 6.25. The highest BCUT2D eigenvalue weighted by atomic mass is 32.1. The maximum atomic E-state index is 13.9. The maximum Gasteiger partial charge on any atom is 0.303 e. The molecule has 1 saturated carbocycles. The minimum Gasteiger partial charge on any atom is -0.390 e. The van der Waals surface area contributed by atoms with E-state index in [1.165, 1.54) is 29.3 Å². The molecule has 4 rings (SSSR count). The van der Waals surface area contributed by atoms with Crippen LogP contribution in [0.2, 0.25) is 0 Å². The third-order valence-corrected chi connectivity index (χ3v) is 8.47. The minimum atomic E-state index is -0.998. The SMILES string of the molecule is CC(C)(C)c1cccc(C2(NCC(O)C(Cc3cc(F)cc(F)c3)Nc3sccc3[N+](=O)[O-])CCCCC2)c1. The molecule has 2 aromatic carbocycles. The van der Waals surface area contributed by atoms with Gasteiger partial charge in [0.1, 0.15) is 11.6 Å². The molecule has 1 heterocycles. The minimum absolute atomic E-state index is 0.00392. The first kappa shape index (κ1) is 29.1. The molecule has 1 aliphatic carbocycles. The van der Waals surface area contributed by atoms with E-state index in [4.69, 9.17) is 0 Å². The third-order valence-electron chi connectivity index (χ3n) is 7.64. The molecule has 0 saturated heterocycles. The molecule has 0 amide bonds. The number of thiophene rings is 1. The number of nitrogens with zero attached hydrogens (tertiary/aromatic N) is 1. The maximum absolute atomic E-state index is 13.9. The Morgan fingerprint density at radius 3 is 2.41 bits per heavy atom. The molecule has 0 spiro atoms. The number of anilines is 1. The molecule has 6 nitrogen and oxygen atoms in total. The number of benzene rings is 2. The van der Waals surface area contributed by atoms with Crippen molar-refractivity contribution < 1.29 is 18.8 Å². The molecule has 0 radical (unpaired) electrons. The molecule has 210 valence electrons. The summed E-state index contributed by atoms with van der Waals surface area (Å²) in [5.41, 5.74) is 2.37. The second-order valence-electron chi connectivity index (χ2n) is 11.5. The predicted octanol–water partition coefficient (Wildman–Crippen LogP) is 7.07.